The molecule has 2 saturated heterocycles. The van der Waals surface area contributed by atoms with E-state index in [4.69, 9.17) is 18.9 Å². The van der Waals surface area contributed by atoms with Gasteiger partial charge in [0, 0.05) is 24.0 Å². The van der Waals surface area contributed by atoms with Crippen LogP contribution in [0, 0.1) is 50.7 Å². The van der Waals surface area contributed by atoms with Crippen molar-refractivity contribution in [1.82, 2.24) is 5.32 Å². The summed E-state index contributed by atoms with van der Waals surface area (Å²) in [4.78, 5) is 13.2. The van der Waals surface area contributed by atoms with Gasteiger partial charge in [0.15, 0.2) is 0 Å². The first-order valence-corrected chi connectivity index (χ1v) is 18.3. The lowest BCUT2D eigenvalue weighted by Crippen LogP contribution is -2.60. The van der Waals surface area contributed by atoms with Crippen molar-refractivity contribution in [2.45, 2.75) is 149 Å². The molecule has 0 radical (unpaired) electrons. The van der Waals surface area contributed by atoms with E-state index >= 15 is 0 Å². The van der Waals surface area contributed by atoms with Crippen LogP contribution in [0.1, 0.15) is 107 Å². The number of carbonyl (C=O) groups excluding carboxylic acids is 1. The van der Waals surface area contributed by atoms with E-state index in [0.29, 0.717) is 44.1 Å². The average molecular weight is 632 g/mol. The number of hydrogen-bond acceptors (Lipinski definition) is 8. The molecule has 7 aliphatic rings. The topological polar surface area (TPSA) is 106 Å². The Labute approximate surface area is 271 Å². The van der Waals surface area contributed by atoms with Crippen molar-refractivity contribution >= 4 is 5.97 Å². The minimum atomic E-state index is -1.03. The van der Waals surface area contributed by atoms with Crippen LogP contribution in [0.25, 0.3) is 0 Å². The van der Waals surface area contributed by atoms with Crippen LogP contribution < -0.4 is 5.32 Å². The van der Waals surface area contributed by atoms with Gasteiger partial charge in [-0.05, 0) is 112 Å². The predicted molar refractivity (Wildman–Crippen MR) is 170 cm³/mol. The van der Waals surface area contributed by atoms with E-state index in [1.165, 1.54) is 12.8 Å². The molecular weight excluding hydrogens is 570 g/mol. The first kappa shape index (κ1) is 32.8. The minimum Gasteiger partial charge on any atom is -0.461 e. The van der Waals surface area contributed by atoms with Gasteiger partial charge >= 0.3 is 5.97 Å². The average Bonchev–Trinajstić information content (AvgIpc) is 3.61. The van der Waals surface area contributed by atoms with Gasteiger partial charge in [0.25, 0.3) is 0 Å². The lowest BCUT2D eigenvalue weighted by Gasteiger charge is -2.63. The zero-order chi connectivity index (χ0) is 32.4. The molecule has 256 valence electrons. The minimum absolute atomic E-state index is 0.0127. The molecule has 0 aromatic rings. The smallest absolute Gasteiger partial charge is 0.325 e. The van der Waals surface area contributed by atoms with E-state index in [-0.39, 0.29) is 63.3 Å². The van der Waals surface area contributed by atoms with Gasteiger partial charge in [-0.15, -0.1) is 0 Å². The largest absolute Gasteiger partial charge is 0.461 e. The highest BCUT2D eigenvalue weighted by molar-refractivity contribution is 5.76. The maximum atomic E-state index is 13.2. The standard InChI is InChI=1S/C37H61NO7/c1-9-43-30(33(5,6)41)23-18-21(2)27-28(44-23)29(39)35(8)25-11-10-24-32(3,4)26(45-31(40)22-19-42-17-16-38-22)12-13-36(24)20-37(25,36)15-14-34(27,35)7/h21-30,38-39,41H,9-20H2,1-8H3/t21-,22+,23-,24+,25+,26+,27+,28+,29+,30+,34-,35-,36?,37+/m1/s1. The normalized spacial score (nSPS) is 52.4. The number of fused-ring (bicyclic) bond motifs is 4. The van der Waals surface area contributed by atoms with Crippen LogP contribution in [0.5, 0.6) is 0 Å². The monoisotopic (exact) mass is 631 g/mol. The van der Waals surface area contributed by atoms with E-state index in [1.54, 1.807) is 0 Å². The van der Waals surface area contributed by atoms with Gasteiger partial charge < -0.3 is 34.5 Å². The molecule has 2 aliphatic heterocycles. The van der Waals surface area contributed by atoms with Crippen LogP contribution in [0.4, 0.5) is 0 Å². The first-order valence-electron chi connectivity index (χ1n) is 18.3. The van der Waals surface area contributed by atoms with Crippen molar-refractivity contribution in [2.75, 3.05) is 26.4 Å². The summed E-state index contributed by atoms with van der Waals surface area (Å²) in [6, 6.07) is -0.367. The van der Waals surface area contributed by atoms with E-state index in [9.17, 15) is 15.0 Å². The molecule has 5 aliphatic carbocycles. The summed E-state index contributed by atoms with van der Waals surface area (Å²) in [5.74, 6) is 1.45. The molecule has 1 unspecified atom stereocenters. The number of rotatable bonds is 6. The zero-order valence-electron chi connectivity index (χ0n) is 29.2. The van der Waals surface area contributed by atoms with Crippen molar-refractivity contribution in [2.24, 2.45) is 50.7 Å². The first-order chi connectivity index (χ1) is 21.1. The molecule has 7 fully saturated rings. The molecule has 2 spiro atoms. The molecule has 0 aromatic carbocycles. The third kappa shape index (κ3) is 4.33. The van der Waals surface area contributed by atoms with Gasteiger partial charge in [-0.2, -0.15) is 0 Å². The second-order valence-corrected chi connectivity index (χ2v) is 18.1. The van der Waals surface area contributed by atoms with Crippen molar-refractivity contribution in [3.8, 4) is 0 Å². The Morgan fingerprint density at radius 1 is 1.07 bits per heavy atom. The summed E-state index contributed by atoms with van der Waals surface area (Å²) in [7, 11) is 0. The van der Waals surface area contributed by atoms with Crippen LogP contribution in [-0.2, 0) is 23.7 Å². The number of carbonyl (C=O) groups is 1. The molecule has 8 nitrogen and oxygen atoms in total. The fourth-order valence-electron chi connectivity index (χ4n) is 13.6. The van der Waals surface area contributed by atoms with Crippen molar-refractivity contribution in [3.05, 3.63) is 0 Å². The third-order valence-electron chi connectivity index (χ3n) is 15.6. The molecule has 0 bridgehead atoms. The van der Waals surface area contributed by atoms with Crippen LogP contribution in [-0.4, -0.2) is 84.7 Å². The van der Waals surface area contributed by atoms with E-state index < -0.39 is 17.8 Å². The predicted octanol–water partition coefficient (Wildman–Crippen LogP) is 4.88. The summed E-state index contributed by atoms with van der Waals surface area (Å²) in [6.07, 6.45) is 7.14. The molecule has 45 heavy (non-hydrogen) atoms. The molecule has 2 heterocycles. The van der Waals surface area contributed by atoms with E-state index in [0.717, 1.165) is 38.5 Å². The highest BCUT2D eigenvalue weighted by atomic mass is 16.6. The molecular formula is C37H61NO7. The lowest BCUT2D eigenvalue weighted by atomic mass is 9.41. The number of esters is 1. The molecule has 3 N–H and O–H groups in total. The number of aliphatic hydroxyl groups is 2. The maximum Gasteiger partial charge on any atom is 0.325 e. The van der Waals surface area contributed by atoms with Gasteiger partial charge in [0.2, 0.25) is 0 Å². The van der Waals surface area contributed by atoms with Crippen LogP contribution in [0.3, 0.4) is 0 Å². The highest BCUT2D eigenvalue weighted by Gasteiger charge is 2.84. The zero-order valence-corrected chi connectivity index (χ0v) is 29.2. The molecule has 0 aromatic heterocycles. The van der Waals surface area contributed by atoms with Crippen LogP contribution >= 0.6 is 0 Å². The number of ether oxygens (including phenoxy) is 4. The Kier molecular flexibility index (Phi) is 7.73. The van der Waals surface area contributed by atoms with Crippen LogP contribution in [0.2, 0.25) is 0 Å². The van der Waals surface area contributed by atoms with E-state index in [1.807, 2.05) is 20.8 Å². The summed E-state index contributed by atoms with van der Waals surface area (Å²) in [6.45, 7) is 19.8. The quantitative estimate of drug-likeness (QED) is 0.357. The molecule has 7 rings (SSSR count). The SMILES string of the molecule is CCO[C@@H]([C@H]1C[C@@H](C)[C@H]2[C@H](O1)[C@H](O)[C@@]1(C)[C@@H]3CC[C@H]4C(C)(C)[C@@H](OC(=O)[C@@H]5COCCN5)CCC45C[C@@]35CC[C@]21C)C(C)(C)O. The van der Waals surface area contributed by atoms with Crippen molar-refractivity contribution in [1.29, 1.82) is 0 Å². The fraction of sp³-hybridized carbons (Fsp3) is 0.973. The van der Waals surface area contributed by atoms with Gasteiger partial charge in [0.1, 0.15) is 18.2 Å². The summed E-state index contributed by atoms with van der Waals surface area (Å²) >= 11 is 0. The molecule has 0 amide bonds. The van der Waals surface area contributed by atoms with Gasteiger partial charge in [-0.3, -0.25) is 4.79 Å². The second kappa shape index (κ2) is 10.6. The Morgan fingerprint density at radius 3 is 2.44 bits per heavy atom. The molecule has 8 heteroatoms. The van der Waals surface area contributed by atoms with Crippen molar-refractivity contribution in [3.63, 3.8) is 0 Å². The fourth-order valence-corrected chi connectivity index (χ4v) is 13.6. The Bertz CT molecular complexity index is 1160. The number of nitrogens with one attached hydrogen (secondary N) is 1. The Hall–Kier alpha value is -0.770. The third-order valence-corrected chi connectivity index (χ3v) is 15.6. The number of aliphatic hydroxyl groups excluding tert-OH is 1. The number of hydrogen-bond donors (Lipinski definition) is 3. The maximum absolute atomic E-state index is 13.2. The van der Waals surface area contributed by atoms with Gasteiger partial charge in [0.05, 0.1) is 37.1 Å². The van der Waals surface area contributed by atoms with Crippen molar-refractivity contribution < 1.29 is 34.0 Å². The summed E-state index contributed by atoms with van der Waals surface area (Å²) in [5.41, 5.74) is -0.871. The van der Waals surface area contributed by atoms with Gasteiger partial charge in [-0.1, -0.05) is 34.6 Å². The lowest BCUT2D eigenvalue weighted by molar-refractivity contribution is -0.215. The summed E-state index contributed by atoms with van der Waals surface area (Å²) in [5, 5.41) is 26.8. The van der Waals surface area contributed by atoms with E-state index in [2.05, 4.69) is 39.9 Å². The number of morpholine rings is 1. The van der Waals surface area contributed by atoms with Gasteiger partial charge in [-0.25, -0.2) is 0 Å². The highest BCUT2D eigenvalue weighted by Crippen LogP contribution is 2.89. The summed E-state index contributed by atoms with van der Waals surface area (Å²) < 4.78 is 24.9. The second-order valence-electron chi connectivity index (χ2n) is 18.1. The Balaban J connectivity index is 1.14. The van der Waals surface area contributed by atoms with Crippen LogP contribution in [0.15, 0.2) is 0 Å². The molecule has 14 atom stereocenters. The molecule has 5 saturated carbocycles. The Morgan fingerprint density at radius 2 is 1.78 bits per heavy atom.